The Bertz CT molecular complexity index is 1940. The molecule has 4 heterocycles. The van der Waals surface area contributed by atoms with Crippen molar-refractivity contribution in [3.63, 3.8) is 0 Å². The van der Waals surface area contributed by atoms with Crippen LogP contribution in [0.1, 0.15) is 60.9 Å². The highest BCUT2D eigenvalue weighted by atomic mass is 35.5. The molecule has 0 bridgehead atoms. The molecule has 3 fully saturated rings. The molecular formula is C35H34Cl2N6O4. The highest BCUT2D eigenvalue weighted by molar-refractivity contribution is 6.35. The molecule has 2 aromatic heterocycles. The zero-order chi connectivity index (χ0) is 32.5. The van der Waals surface area contributed by atoms with Gasteiger partial charge >= 0.3 is 5.97 Å². The molecule has 0 unspecified atom stereocenters. The van der Waals surface area contributed by atoms with Gasteiger partial charge in [0.2, 0.25) is 0 Å². The Morgan fingerprint density at radius 2 is 1.96 bits per heavy atom. The lowest BCUT2D eigenvalue weighted by molar-refractivity contribution is -0.0717. The average molecular weight is 674 g/mol. The molecule has 3 atom stereocenters. The lowest BCUT2D eigenvalue weighted by Gasteiger charge is -2.54. The van der Waals surface area contributed by atoms with Gasteiger partial charge in [-0.25, -0.2) is 9.78 Å². The first kappa shape index (κ1) is 30.3. The van der Waals surface area contributed by atoms with Crippen molar-refractivity contribution in [2.75, 3.05) is 25.1 Å². The van der Waals surface area contributed by atoms with E-state index >= 15 is 0 Å². The third-order valence-electron chi connectivity index (χ3n) is 10.3. The molecule has 47 heavy (non-hydrogen) atoms. The number of piperazine rings is 1. The molecule has 0 spiro atoms. The lowest BCUT2D eigenvalue weighted by atomic mass is 9.81. The second kappa shape index (κ2) is 11.3. The number of halogens is 2. The molecule has 2 aliphatic heterocycles. The molecular weight excluding hydrogens is 639 g/mol. The number of aromatic nitrogens is 3. The number of pyridine rings is 1. The summed E-state index contributed by atoms with van der Waals surface area (Å²) in [5.41, 5.74) is 3.46. The predicted molar refractivity (Wildman–Crippen MR) is 177 cm³/mol. The van der Waals surface area contributed by atoms with Crippen LogP contribution in [0.25, 0.3) is 11.0 Å². The third kappa shape index (κ3) is 5.16. The lowest BCUT2D eigenvalue weighted by Crippen LogP contribution is -2.64. The van der Waals surface area contributed by atoms with Gasteiger partial charge in [-0.3, -0.25) is 9.88 Å². The summed E-state index contributed by atoms with van der Waals surface area (Å²) in [7, 11) is 1.36. The highest BCUT2D eigenvalue weighted by Gasteiger charge is 2.48. The van der Waals surface area contributed by atoms with Gasteiger partial charge in [0.05, 0.1) is 46.5 Å². The molecule has 2 aliphatic carbocycles. The standard InChI is InChI=1S/C35H34Cl2N6O4/c1-34(29-9-6-22(36)18-39-29)46-28-5-3-4-26(32(28)47-34)42-15-14-41(24-7-8-25(24)42)19-30-40-31-23(37)16-21(33(44)45-2)17-27(31)43(30)20-35(10-11-35)12-13-38/h3-6,9,16-18,24-25H,7-8,10-12,14-15,19-20H2,1-2H3/t24-,25-,34-/m1/s1. The number of anilines is 1. The fraction of sp³-hybridized carbons (Fsp3) is 0.429. The van der Waals surface area contributed by atoms with E-state index in [1.54, 1.807) is 18.3 Å². The van der Waals surface area contributed by atoms with E-state index in [4.69, 9.17) is 42.4 Å². The summed E-state index contributed by atoms with van der Waals surface area (Å²) in [6.45, 7) is 4.82. The molecule has 12 heteroatoms. The van der Waals surface area contributed by atoms with Gasteiger partial charge in [-0.2, -0.15) is 5.26 Å². The van der Waals surface area contributed by atoms with Crippen LogP contribution in [0, 0.1) is 16.7 Å². The summed E-state index contributed by atoms with van der Waals surface area (Å²) < 4.78 is 20.1. The first-order valence-electron chi connectivity index (χ1n) is 16.0. The number of hydrogen-bond acceptors (Lipinski definition) is 9. The van der Waals surface area contributed by atoms with Gasteiger partial charge in [-0.15, -0.1) is 0 Å². The van der Waals surface area contributed by atoms with E-state index in [9.17, 15) is 10.1 Å². The van der Waals surface area contributed by atoms with Crippen molar-refractivity contribution in [3.05, 3.63) is 75.8 Å². The Hall–Kier alpha value is -4.04. The Kier molecular flexibility index (Phi) is 7.28. The molecule has 0 N–H and O–H groups in total. The van der Waals surface area contributed by atoms with Gasteiger partial charge in [-0.05, 0) is 62.1 Å². The monoisotopic (exact) mass is 672 g/mol. The second-order valence-corrected chi connectivity index (χ2v) is 14.1. The van der Waals surface area contributed by atoms with E-state index < -0.39 is 11.8 Å². The summed E-state index contributed by atoms with van der Waals surface area (Å²) in [4.78, 5) is 27.0. The minimum Gasteiger partial charge on any atom is -0.465 e. The van der Waals surface area contributed by atoms with Crippen molar-refractivity contribution in [1.82, 2.24) is 19.4 Å². The quantitative estimate of drug-likeness (QED) is 0.189. The smallest absolute Gasteiger partial charge is 0.337 e. The molecule has 242 valence electrons. The summed E-state index contributed by atoms with van der Waals surface area (Å²) in [5.74, 6) is 0.832. The van der Waals surface area contributed by atoms with E-state index in [1.165, 1.54) is 7.11 Å². The van der Waals surface area contributed by atoms with Gasteiger partial charge in [-0.1, -0.05) is 29.3 Å². The Labute approximate surface area is 282 Å². The zero-order valence-electron chi connectivity index (χ0n) is 26.2. The van der Waals surface area contributed by atoms with Crippen molar-refractivity contribution >= 4 is 45.9 Å². The van der Waals surface area contributed by atoms with Crippen LogP contribution in [0.2, 0.25) is 10.0 Å². The molecule has 10 nitrogen and oxygen atoms in total. The number of para-hydroxylation sites is 1. The van der Waals surface area contributed by atoms with Gasteiger partial charge in [0.1, 0.15) is 17.0 Å². The number of rotatable bonds is 8. The molecule has 4 aromatic rings. The zero-order valence-corrected chi connectivity index (χ0v) is 27.7. The van der Waals surface area contributed by atoms with Crippen molar-refractivity contribution < 1.29 is 19.0 Å². The highest BCUT2D eigenvalue weighted by Crippen LogP contribution is 2.52. The van der Waals surface area contributed by atoms with Crippen molar-refractivity contribution in [2.45, 2.75) is 70.0 Å². The Morgan fingerprint density at radius 1 is 1.13 bits per heavy atom. The molecule has 2 saturated carbocycles. The minimum absolute atomic E-state index is 0.0750. The van der Waals surface area contributed by atoms with Gasteiger partial charge < -0.3 is 23.7 Å². The van der Waals surface area contributed by atoms with Crippen LogP contribution in [0.15, 0.2) is 48.7 Å². The van der Waals surface area contributed by atoms with Crippen LogP contribution < -0.4 is 14.4 Å². The molecule has 8 rings (SSSR count). The molecule has 4 aliphatic rings. The van der Waals surface area contributed by atoms with Crippen LogP contribution in [0.3, 0.4) is 0 Å². The Morgan fingerprint density at radius 3 is 2.66 bits per heavy atom. The fourth-order valence-electron chi connectivity index (χ4n) is 7.42. The number of carbonyl (C=O) groups excluding carboxylic acids is 1. The Balaban J connectivity index is 1.07. The summed E-state index contributed by atoms with van der Waals surface area (Å²) in [5, 5.41) is 10.5. The molecule has 0 radical (unpaired) electrons. The minimum atomic E-state index is -1.05. The molecule has 0 amide bonds. The third-order valence-corrected chi connectivity index (χ3v) is 10.8. The van der Waals surface area contributed by atoms with Crippen LogP contribution >= 0.6 is 23.2 Å². The van der Waals surface area contributed by atoms with Crippen molar-refractivity contribution in [2.24, 2.45) is 5.41 Å². The predicted octanol–water partition coefficient (Wildman–Crippen LogP) is 6.72. The maximum Gasteiger partial charge on any atom is 0.337 e. The second-order valence-electron chi connectivity index (χ2n) is 13.3. The van der Waals surface area contributed by atoms with Gasteiger partial charge in [0, 0.05) is 56.7 Å². The largest absolute Gasteiger partial charge is 0.465 e. The topological polar surface area (TPSA) is 106 Å². The number of nitriles is 1. The number of ether oxygens (including phenoxy) is 3. The number of imidazole rings is 1. The maximum absolute atomic E-state index is 12.5. The van der Waals surface area contributed by atoms with E-state index in [1.807, 2.05) is 31.2 Å². The van der Waals surface area contributed by atoms with Gasteiger partial charge in [0.15, 0.2) is 11.5 Å². The summed E-state index contributed by atoms with van der Waals surface area (Å²) in [6, 6.07) is 16.1. The number of hydrogen-bond donors (Lipinski definition) is 0. The van der Waals surface area contributed by atoms with Gasteiger partial charge in [0.25, 0.3) is 5.79 Å². The van der Waals surface area contributed by atoms with Crippen LogP contribution in [-0.4, -0.2) is 57.7 Å². The van der Waals surface area contributed by atoms with E-state index in [-0.39, 0.29) is 5.41 Å². The van der Waals surface area contributed by atoms with Crippen LogP contribution in [-0.2, 0) is 23.6 Å². The maximum atomic E-state index is 12.5. The summed E-state index contributed by atoms with van der Waals surface area (Å²) in [6.07, 6.45) is 6.22. The SMILES string of the molecule is COC(=O)c1cc(Cl)c2nc(CN3CCN(c4cccc5c4O[C@](C)(c4ccc(Cl)cn4)O5)[C@@H]4CC[C@H]43)n(CC3(CC#N)CC3)c2c1. The average Bonchev–Trinajstić information content (AvgIpc) is 3.58. The first-order valence-corrected chi connectivity index (χ1v) is 16.7. The number of carbonyl (C=O) groups is 1. The van der Waals surface area contributed by atoms with Crippen molar-refractivity contribution in [3.8, 4) is 17.6 Å². The normalized spacial score (nSPS) is 24.0. The number of methoxy groups -OCH3 is 1. The summed E-state index contributed by atoms with van der Waals surface area (Å²) >= 11 is 12.8. The van der Waals surface area contributed by atoms with Crippen molar-refractivity contribution in [1.29, 1.82) is 5.26 Å². The van der Waals surface area contributed by atoms with Crippen LogP contribution in [0.4, 0.5) is 5.69 Å². The van der Waals surface area contributed by atoms with Crippen LogP contribution in [0.5, 0.6) is 11.5 Å². The molecule has 1 saturated heterocycles. The van der Waals surface area contributed by atoms with E-state index in [0.717, 1.165) is 61.6 Å². The molecule has 2 aromatic carbocycles. The number of esters is 1. The fourth-order valence-corrected chi connectivity index (χ4v) is 7.79. The van der Waals surface area contributed by atoms with E-state index in [0.29, 0.717) is 64.2 Å². The number of nitrogens with zero attached hydrogens (tertiary/aromatic N) is 6. The van der Waals surface area contributed by atoms with E-state index in [2.05, 4.69) is 31.5 Å². The number of benzene rings is 2. The number of fused-ring (bicyclic) bond motifs is 3. The first-order chi connectivity index (χ1) is 22.7.